The van der Waals surface area contributed by atoms with E-state index in [1.54, 1.807) is 43.3 Å². The average molecular weight is 432 g/mol. The molecule has 2 aromatic carbocycles. The molecule has 0 radical (unpaired) electrons. The van der Waals surface area contributed by atoms with Gasteiger partial charge < -0.3 is 9.47 Å². The van der Waals surface area contributed by atoms with Gasteiger partial charge in [0, 0.05) is 12.1 Å². The number of nitrogens with zero attached hydrogens (tertiary/aromatic N) is 2. The van der Waals surface area contributed by atoms with Crippen LogP contribution in [0, 0.1) is 17.1 Å². The summed E-state index contributed by atoms with van der Waals surface area (Å²) >= 11 is 0. The monoisotopic (exact) mass is 432 g/mol. The maximum Gasteiger partial charge on any atom is 0.271 e. The smallest absolute Gasteiger partial charge is 0.271 e. The quantitative estimate of drug-likeness (QED) is 0.372. The van der Waals surface area contributed by atoms with Gasteiger partial charge in [0.2, 0.25) is 0 Å². The first-order chi connectivity index (χ1) is 15.4. The number of carbonyl (C=O) groups is 2. The molecule has 0 atom stereocenters. The van der Waals surface area contributed by atoms with Crippen molar-refractivity contribution in [2.45, 2.75) is 13.5 Å². The van der Waals surface area contributed by atoms with Crippen LogP contribution in [0.1, 0.15) is 18.1 Å². The number of ether oxygens (including phenoxy) is 2. The van der Waals surface area contributed by atoms with Gasteiger partial charge in [-0.25, -0.2) is 4.39 Å². The molecule has 0 spiro atoms. The normalized spacial score (nSPS) is 15.1. The molecule has 7 heteroatoms. The van der Waals surface area contributed by atoms with Crippen molar-refractivity contribution in [3.8, 4) is 17.6 Å². The van der Waals surface area contributed by atoms with Crippen molar-refractivity contribution in [3.63, 3.8) is 0 Å². The Balaban J connectivity index is 1.91. The lowest BCUT2D eigenvalue weighted by atomic mass is 9.93. The van der Waals surface area contributed by atoms with Crippen molar-refractivity contribution in [3.05, 3.63) is 88.8 Å². The molecule has 2 aromatic rings. The van der Waals surface area contributed by atoms with Crippen molar-refractivity contribution >= 4 is 17.9 Å². The molecule has 32 heavy (non-hydrogen) atoms. The largest absolute Gasteiger partial charge is 0.493 e. The first-order valence-corrected chi connectivity index (χ1v) is 9.75. The lowest BCUT2D eigenvalue weighted by molar-refractivity contribution is -0.139. The van der Waals surface area contributed by atoms with E-state index in [2.05, 4.69) is 6.58 Å². The van der Waals surface area contributed by atoms with Crippen LogP contribution < -0.4 is 9.47 Å². The minimum absolute atomic E-state index is 0.00690. The van der Waals surface area contributed by atoms with Crippen LogP contribution in [0.25, 0.3) is 6.08 Å². The molecule has 0 saturated heterocycles. The number of halogens is 1. The van der Waals surface area contributed by atoms with E-state index in [9.17, 15) is 19.2 Å². The lowest BCUT2D eigenvalue weighted by Crippen LogP contribution is -2.42. The van der Waals surface area contributed by atoms with Crippen molar-refractivity contribution in [2.24, 2.45) is 0 Å². The third-order valence-corrected chi connectivity index (χ3v) is 4.94. The molecule has 1 aliphatic rings. The SMILES string of the molecule is C=CCN1C(=O)C(C#N)=C(C)/C(=C\c2ccc(OCc3ccc(F)cc3)c(OC)c2)C1=O. The first kappa shape index (κ1) is 22.5. The van der Waals surface area contributed by atoms with E-state index in [0.29, 0.717) is 22.6 Å². The molecule has 0 N–H and O–H groups in total. The number of rotatable bonds is 7. The number of hydrogen-bond donors (Lipinski definition) is 0. The third kappa shape index (κ3) is 4.60. The Bertz CT molecular complexity index is 1170. The van der Waals surface area contributed by atoms with Crippen LogP contribution >= 0.6 is 0 Å². The third-order valence-electron chi connectivity index (χ3n) is 4.94. The van der Waals surface area contributed by atoms with Gasteiger partial charge in [-0.3, -0.25) is 14.5 Å². The van der Waals surface area contributed by atoms with E-state index >= 15 is 0 Å². The fourth-order valence-electron chi connectivity index (χ4n) is 3.23. The van der Waals surface area contributed by atoms with Gasteiger partial charge in [-0.1, -0.05) is 24.3 Å². The Labute approximate surface area is 185 Å². The molecule has 2 amide bonds. The topological polar surface area (TPSA) is 79.6 Å². The molecule has 0 bridgehead atoms. The Kier molecular flexibility index (Phi) is 6.86. The molecule has 3 rings (SSSR count). The summed E-state index contributed by atoms with van der Waals surface area (Å²) in [5.41, 5.74) is 1.90. The summed E-state index contributed by atoms with van der Waals surface area (Å²) in [4.78, 5) is 26.3. The highest BCUT2D eigenvalue weighted by Crippen LogP contribution is 2.32. The predicted octanol–water partition coefficient (Wildman–Crippen LogP) is 4.19. The molecule has 0 saturated carbocycles. The Hall–Kier alpha value is -4.18. The van der Waals surface area contributed by atoms with Crippen molar-refractivity contribution in [1.29, 1.82) is 5.26 Å². The van der Waals surface area contributed by atoms with Crippen LogP contribution in [0.5, 0.6) is 11.5 Å². The minimum Gasteiger partial charge on any atom is -0.493 e. The van der Waals surface area contributed by atoms with Crippen LogP contribution in [-0.2, 0) is 16.2 Å². The second-order valence-corrected chi connectivity index (χ2v) is 7.00. The maximum absolute atomic E-state index is 13.1. The van der Waals surface area contributed by atoms with E-state index in [1.165, 1.54) is 25.3 Å². The molecule has 0 aliphatic carbocycles. The number of methoxy groups -OCH3 is 1. The van der Waals surface area contributed by atoms with Gasteiger partial charge in [0.1, 0.15) is 24.1 Å². The second kappa shape index (κ2) is 9.75. The highest BCUT2D eigenvalue weighted by atomic mass is 19.1. The Morgan fingerprint density at radius 1 is 1.12 bits per heavy atom. The summed E-state index contributed by atoms with van der Waals surface area (Å²) in [6, 6.07) is 13.0. The maximum atomic E-state index is 13.1. The summed E-state index contributed by atoms with van der Waals surface area (Å²) in [5.74, 6) is -0.539. The van der Waals surface area contributed by atoms with E-state index in [1.807, 2.05) is 6.07 Å². The minimum atomic E-state index is -0.630. The van der Waals surface area contributed by atoms with Gasteiger partial charge in [0.15, 0.2) is 11.5 Å². The van der Waals surface area contributed by atoms with Crippen LogP contribution in [0.3, 0.4) is 0 Å². The van der Waals surface area contributed by atoms with E-state index < -0.39 is 11.8 Å². The Morgan fingerprint density at radius 3 is 2.47 bits per heavy atom. The average Bonchev–Trinajstić information content (AvgIpc) is 2.80. The fraction of sp³-hybridized carbons (Fsp3) is 0.160. The predicted molar refractivity (Wildman–Crippen MR) is 117 cm³/mol. The molecule has 6 nitrogen and oxygen atoms in total. The van der Waals surface area contributed by atoms with Crippen molar-refractivity contribution in [2.75, 3.05) is 13.7 Å². The summed E-state index contributed by atoms with van der Waals surface area (Å²) in [7, 11) is 1.49. The molecule has 162 valence electrons. The van der Waals surface area contributed by atoms with Crippen molar-refractivity contribution in [1.82, 2.24) is 4.90 Å². The van der Waals surface area contributed by atoms with Gasteiger partial charge in [-0.15, -0.1) is 6.58 Å². The van der Waals surface area contributed by atoms with E-state index in [0.717, 1.165) is 10.5 Å². The van der Waals surface area contributed by atoms with Gasteiger partial charge in [0.05, 0.1) is 7.11 Å². The lowest BCUT2D eigenvalue weighted by Gasteiger charge is -2.26. The zero-order valence-electron chi connectivity index (χ0n) is 17.7. The molecular weight excluding hydrogens is 411 g/mol. The zero-order valence-corrected chi connectivity index (χ0v) is 17.7. The van der Waals surface area contributed by atoms with Crippen LogP contribution in [-0.4, -0.2) is 30.4 Å². The van der Waals surface area contributed by atoms with Gasteiger partial charge >= 0.3 is 0 Å². The van der Waals surface area contributed by atoms with Crippen molar-refractivity contribution < 1.29 is 23.5 Å². The van der Waals surface area contributed by atoms with Crippen LogP contribution in [0.2, 0.25) is 0 Å². The Morgan fingerprint density at radius 2 is 1.84 bits per heavy atom. The number of hydrogen-bond acceptors (Lipinski definition) is 5. The standard InChI is InChI=1S/C25H21FN2O4/c1-4-11-28-24(29)20(16(2)21(14-27)25(28)30)12-18-7-10-22(23(13-18)31-3)32-15-17-5-8-19(26)9-6-17/h4-10,12-13H,1,11,15H2,2-3H3/b20-12+. The molecule has 0 aromatic heterocycles. The van der Waals surface area contributed by atoms with E-state index in [-0.39, 0.29) is 30.1 Å². The molecule has 1 heterocycles. The van der Waals surface area contributed by atoms with Crippen LogP contribution in [0.15, 0.2) is 71.8 Å². The molecule has 1 aliphatic heterocycles. The summed E-state index contributed by atoms with van der Waals surface area (Å²) in [6.45, 7) is 5.37. The van der Waals surface area contributed by atoms with E-state index in [4.69, 9.17) is 9.47 Å². The van der Waals surface area contributed by atoms with Gasteiger partial charge in [-0.05, 0) is 54.0 Å². The van der Waals surface area contributed by atoms with Gasteiger partial charge in [0.25, 0.3) is 11.8 Å². The first-order valence-electron chi connectivity index (χ1n) is 9.75. The highest BCUT2D eigenvalue weighted by Gasteiger charge is 2.34. The second-order valence-electron chi connectivity index (χ2n) is 7.00. The van der Waals surface area contributed by atoms with Gasteiger partial charge in [-0.2, -0.15) is 5.26 Å². The summed E-state index contributed by atoms with van der Waals surface area (Å²) in [6.07, 6.45) is 3.03. The number of nitriles is 1. The van der Waals surface area contributed by atoms with Crippen LogP contribution in [0.4, 0.5) is 4.39 Å². The zero-order chi connectivity index (χ0) is 23.3. The summed E-state index contributed by atoms with van der Waals surface area (Å²) in [5, 5.41) is 9.40. The molecular formula is C25H21FN2O4. The molecule has 0 fully saturated rings. The summed E-state index contributed by atoms with van der Waals surface area (Å²) < 4.78 is 24.3. The number of imide groups is 1. The fourth-order valence-corrected chi connectivity index (χ4v) is 3.23. The molecule has 0 unspecified atom stereocenters. The number of amides is 2. The highest BCUT2D eigenvalue weighted by molar-refractivity contribution is 6.19. The number of benzene rings is 2. The number of carbonyl (C=O) groups excluding carboxylic acids is 2.